The highest BCUT2D eigenvalue weighted by Gasteiger charge is 2.23. The molecule has 8 nitrogen and oxygen atoms in total. The standard InChI is InChI=1S/C23H26N4O4S/c1-30-19-12-17-9-10-26(14-18(17)13-20(19)31-2)21(28)15-32-23-25-24-22(29)27(23)11-8-16-6-4-3-5-7-16/h3-7,12-13H,8-11,14-15H2,1-2H3,(H,24,29). The summed E-state index contributed by atoms with van der Waals surface area (Å²) in [4.78, 5) is 26.9. The number of rotatable bonds is 8. The van der Waals surface area contributed by atoms with E-state index in [9.17, 15) is 9.59 Å². The Balaban J connectivity index is 1.38. The molecule has 32 heavy (non-hydrogen) atoms. The molecule has 2 heterocycles. The highest BCUT2D eigenvalue weighted by Crippen LogP contribution is 2.33. The van der Waals surface area contributed by atoms with Gasteiger partial charge in [-0.05, 0) is 41.7 Å². The molecular formula is C23H26N4O4S. The maximum atomic E-state index is 12.9. The normalized spacial score (nSPS) is 13.0. The smallest absolute Gasteiger partial charge is 0.343 e. The SMILES string of the molecule is COc1cc2c(cc1OC)CN(C(=O)CSc1n[nH]c(=O)n1CCc1ccccc1)CC2. The highest BCUT2D eigenvalue weighted by atomic mass is 32.2. The maximum absolute atomic E-state index is 12.9. The van der Waals surface area contributed by atoms with Gasteiger partial charge in [0.05, 0.1) is 20.0 Å². The number of aryl methyl sites for hydroxylation is 1. The summed E-state index contributed by atoms with van der Waals surface area (Å²) in [5.41, 5.74) is 3.11. The third-order valence-electron chi connectivity index (χ3n) is 5.59. The molecule has 0 radical (unpaired) electrons. The van der Waals surface area contributed by atoms with Crippen LogP contribution >= 0.6 is 11.8 Å². The van der Waals surface area contributed by atoms with Crippen molar-refractivity contribution in [2.45, 2.75) is 31.1 Å². The monoisotopic (exact) mass is 454 g/mol. The molecule has 1 aliphatic heterocycles. The molecule has 0 aliphatic carbocycles. The fourth-order valence-corrected chi connectivity index (χ4v) is 4.69. The Kier molecular flexibility index (Phi) is 6.84. The molecule has 1 amide bonds. The van der Waals surface area contributed by atoms with E-state index in [1.165, 1.54) is 17.3 Å². The summed E-state index contributed by atoms with van der Waals surface area (Å²) in [6.45, 7) is 1.67. The van der Waals surface area contributed by atoms with Crippen LogP contribution in [0.4, 0.5) is 0 Å². The van der Waals surface area contributed by atoms with Crippen molar-refractivity contribution in [3.05, 3.63) is 69.6 Å². The van der Waals surface area contributed by atoms with Gasteiger partial charge in [0.25, 0.3) is 0 Å². The number of aromatic nitrogens is 3. The van der Waals surface area contributed by atoms with Crippen LogP contribution in [-0.4, -0.2) is 52.1 Å². The molecule has 0 saturated heterocycles. The van der Waals surface area contributed by atoms with Crippen molar-refractivity contribution < 1.29 is 14.3 Å². The summed E-state index contributed by atoms with van der Waals surface area (Å²) in [7, 11) is 3.22. The van der Waals surface area contributed by atoms with Gasteiger partial charge in [-0.1, -0.05) is 42.1 Å². The lowest BCUT2D eigenvalue weighted by atomic mass is 9.99. The largest absolute Gasteiger partial charge is 0.493 e. The Hall–Kier alpha value is -3.20. The number of nitrogens with zero attached hydrogens (tertiary/aromatic N) is 3. The van der Waals surface area contributed by atoms with Gasteiger partial charge in [-0.25, -0.2) is 9.89 Å². The average Bonchev–Trinajstić information content (AvgIpc) is 3.19. The van der Waals surface area contributed by atoms with Crippen LogP contribution in [0, 0.1) is 0 Å². The van der Waals surface area contributed by atoms with Gasteiger partial charge in [-0.15, -0.1) is 5.10 Å². The number of hydrogen-bond donors (Lipinski definition) is 1. The number of hydrogen-bond acceptors (Lipinski definition) is 6. The summed E-state index contributed by atoms with van der Waals surface area (Å²) in [6.07, 6.45) is 1.48. The number of H-pyrrole nitrogens is 1. The molecule has 0 spiro atoms. The molecule has 1 aromatic heterocycles. The zero-order valence-electron chi connectivity index (χ0n) is 18.2. The topological polar surface area (TPSA) is 89.5 Å². The predicted molar refractivity (Wildman–Crippen MR) is 122 cm³/mol. The van der Waals surface area contributed by atoms with Crippen LogP contribution in [0.25, 0.3) is 0 Å². The molecule has 0 unspecified atom stereocenters. The molecule has 2 aromatic carbocycles. The van der Waals surface area contributed by atoms with E-state index < -0.39 is 0 Å². The van der Waals surface area contributed by atoms with E-state index in [-0.39, 0.29) is 17.3 Å². The molecule has 1 N–H and O–H groups in total. The van der Waals surface area contributed by atoms with Crippen LogP contribution in [0.3, 0.4) is 0 Å². The number of nitrogens with one attached hydrogen (secondary N) is 1. The number of thioether (sulfide) groups is 1. The van der Waals surface area contributed by atoms with Gasteiger partial charge in [-0.2, -0.15) is 0 Å². The molecule has 0 fully saturated rings. The molecule has 9 heteroatoms. The van der Waals surface area contributed by atoms with E-state index in [0.29, 0.717) is 36.3 Å². The fourth-order valence-electron chi connectivity index (χ4n) is 3.81. The van der Waals surface area contributed by atoms with E-state index in [4.69, 9.17) is 9.47 Å². The van der Waals surface area contributed by atoms with Crippen LogP contribution < -0.4 is 15.2 Å². The fraction of sp³-hybridized carbons (Fsp3) is 0.348. The Morgan fingerprint density at radius 3 is 2.56 bits per heavy atom. The Morgan fingerprint density at radius 1 is 1.12 bits per heavy atom. The quantitative estimate of drug-likeness (QED) is 0.526. The summed E-state index contributed by atoms with van der Waals surface area (Å²) >= 11 is 1.28. The van der Waals surface area contributed by atoms with Crippen LogP contribution in [-0.2, 0) is 30.7 Å². The van der Waals surface area contributed by atoms with Crippen LogP contribution in [0.2, 0.25) is 0 Å². The minimum atomic E-state index is -0.260. The van der Waals surface area contributed by atoms with Crippen LogP contribution in [0.5, 0.6) is 11.5 Å². The molecule has 0 saturated carbocycles. The first kappa shape index (κ1) is 22.0. The second kappa shape index (κ2) is 9.95. The first-order valence-corrected chi connectivity index (χ1v) is 11.4. The lowest BCUT2D eigenvalue weighted by Gasteiger charge is -2.29. The van der Waals surface area contributed by atoms with Gasteiger partial charge in [0, 0.05) is 19.6 Å². The van der Waals surface area contributed by atoms with E-state index in [1.807, 2.05) is 47.4 Å². The van der Waals surface area contributed by atoms with E-state index in [1.54, 1.807) is 18.8 Å². The number of benzene rings is 2. The van der Waals surface area contributed by atoms with E-state index in [2.05, 4.69) is 10.2 Å². The van der Waals surface area contributed by atoms with Crippen molar-refractivity contribution >= 4 is 17.7 Å². The number of methoxy groups -OCH3 is 2. The molecule has 0 bridgehead atoms. The minimum absolute atomic E-state index is 0.0143. The van der Waals surface area contributed by atoms with Crippen molar-refractivity contribution in [3.8, 4) is 11.5 Å². The Labute approximate surface area is 190 Å². The molecule has 3 aromatic rings. The lowest BCUT2D eigenvalue weighted by Crippen LogP contribution is -2.37. The van der Waals surface area contributed by atoms with Crippen molar-refractivity contribution in [1.82, 2.24) is 19.7 Å². The summed E-state index contributed by atoms with van der Waals surface area (Å²) in [5, 5.41) is 7.14. The molecule has 168 valence electrons. The molecule has 0 atom stereocenters. The first-order chi connectivity index (χ1) is 15.6. The van der Waals surface area contributed by atoms with Crippen molar-refractivity contribution in [3.63, 3.8) is 0 Å². The number of carbonyl (C=O) groups is 1. The van der Waals surface area contributed by atoms with E-state index in [0.717, 1.165) is 24.0 Å². The van der Waals surface area contributed by atoms with Gasteiger partial charge < -0.3 is 14.4 Å². The van der Waals surface area contributed by atoms with Gasteiger partial charge in [0.2, 0.25) is 5.91 Å². The van der Waals surface area contributed by atoms with Crippen molar-refractivity contribution in [1.29, 1.82) is 0 Å². The summed E-state index contributed by atoms with van der Waals surface area (Å²) in [6, 6.07) is 13.9. The molecule has 1 aliphatic rings. The zero-order valence-corrected chi connectivity index (χ0v) is 19.0. The predicted octanol–water partition coefficient (Wildman–Crippen LogP) is 2.51. The third-order valence-corrected chi connectivity index (χ3v) is 6.55. The number of ether oxygens (including phenoxy) is 2. The summed E-state index contributed by atoms with van der Waals surface area (Å²) in [5.74, 6) is 1.60. The van der Waals surface area contributed by atoms with Gasteiger partial charge in [0.1, 0.15) is 0 Å². The van der Waals surface area contributed by atoms with E-state index >= 15 is 0 Å². The number of fused-ring (bicyclic) bond motifs is 1. The Morgan fingerprint density at radius 2 is 1.84 bits per heavy atom. The first-order valence-electron chi connectivity index (χ1n) is 10.4. The van der Waals surface area contributed by atoms with Gasteiger partial charge >= 0.3 is 5.69 Å². The van der Waals surface area contributed by atoms with Crippen molar-refractivity contribution in [2.75, 3.05) is 26.5 Å². The number of carbonyl (C=O) groups excluding carboxylic acids is 1. The second-order valence-corrected chi connectivity index (χ2v) is 8.47. The number of amides is 1. The van der Waals surface area contributed by atoms with Crippen LogP contribution in [0.15, 0.2) is 52.4 Å². The minimum Gasteiger partial charge on any atom is -0.493 e. The van der Waals surface area contributed by atoms with Gasteiger partial charge in [-0.3, -0.25) is 9.36 Å². The Bertz CT molecular complexity index is 1140. The van der Waals surface area contributed by atoms with Crippen molar-refractivity contribution in [2.24, 2.45) is 0 Å². The molecule has 4 rings (SSSR count). The zero-order chi connectivity index (χ0) is 22.5. The maximum Gasteiger partial charge on any atom is 0.343 e. The summed E-state index contributed by atoms with van der Waals surface area (Å²) < 4.78 is 12.4. The van der Waals surface area contributed by atoms with Crippen LogP contribution in [0.1, 0.15) is 16.7 Å². The average molecular weight is 455 g/mol. The van der Waals surface area contributed by atoms with Gasteiger partial charge in [0.15, 0.2) is 16.7 Å². The lowest BCUT2D eigenvalue weighted by molar-refractivity contribution is -0.129. The second-order valence-electron chi connectivity index (χ2n) is 7.53. The molecular weight excluding hydrogens is 428 g/mol. The highest BCUT2D eigenvalue weighted by molar-refractivity contribution is 7.99. The number of aromatic amines is 1. The third kappa shape index (κ3) is 4.83.